The van der Waals surface area contributed by atoms with Gasteiger partial charge in [0.25, 0.3) is 0 Å². The van der Waals surface area contributed by atoms with Crippen molar-refractivity contribution in [3.63, 3.8) is 0 Å². The maximum atomic E-state index is 10.5. The molecule has 1 saturated carbocycles. The average molecular weight is 282 g/mol. The number of aldehydes is 1. The normalized spacial score (nSPS) is 32.7. The molecule has 11 heavy (non-hydrogen) atoms. The molecular formula is C8H10Br2O. The summed E-state index contributed by atoms with van der Waals surface area (Å²) in [5.41, 5.74) is 0.161. The standard InChI is InChI=1S/C8H10Br2O/c1-8(2)5(3-7(9)10)6(8)4-11/h3-6H,1-2H3/t5-,6+/m0/s1. The highest BCUT2D eigenvalue weighted by atomic mass is 79.9. The van der Waals surface area contributed by atoms with Crippen LogP contribution in [0.5, 0.6) is 0 Å². The topological polar surface area (TPSA) is 17.1 Å². The van der Waals surface area contributed by atoms with E-state index in [0.717, 1.165) is 9.68 Å². The van der Waals surface area contributed by atoms with Gasteiger partial charge in [-0.25, -0.2) is 0 Å². The number of rotatable bonds is 2. The van der Waals surface area contributed by atoms with Gasteiger partial charge in [-0.3, -0.25) is 0 Å². The lowest BCUT2D eigenvalue weighted by Crippen LogP contribution is -1.89. The summed E-state index contributed by atoms with van der Waals surface area (Å²) in [6.07, 6.45) is 3.09. The van der Waals surface area contributed by atoms with E-state index in [1.807, 2.05) is 6.08 Å². The highest BCUT2D eigenvalue weighted by molar-refractivity contribution is 9.28. The fourth-order valence-corrected chi connectivity index (χ4v) is 2.00. The van der Waals surface area contributed by atoms with Crippen LogP contribution in [0.2, 0.25) is 0 Å². The first-order chi connectivity index (χ1) is 5.00. The lowest BCUT2D eigenvalue weighted by atomic mass is 10.1. The molecule has 0 radical (unpaired) electrons. The van der Waals surface area contributed by atoms with Crippen LogP contribution < -0.4 is 0 Å². The molecule has 0 heterocycles. The first kappa shape index (κ1) is 9.46. The summed E-state index contributed by atoms with van der Waals surface area (Å²) in [6, 6.07) is 0. The summed E-state index contributed by atoms with van der Waals surface area (Å²) in [5, 5.41) is 0. The molecule has 1 rings (SSSR count). The van der Waals surface area contributed by atoms with Gasteiger partial charge in [-0.1, -0.05) is 19.9 Å². The molecule has 0 aromatic rings. The van der Waals surface area contributed by atoms with Crippen molar-refractivity contribution in [3.8, 4) is 0 Å². The van der Waals surface area contributed by atoms with E-state index in [0.29, 0.717) is 5.92 Å². The fourth-order valence-electron chi connectivity index (χ4n) is 1.43. The Bertz CT molecular complexity index is 204. The number of allylic oxidation sites excluding steroid dienone is 1. The first-order valence-corrected chi connectivity index (χ1v) is 5.07. The van der Waals surface area contributed by atoms with Crippen LogP contribution >= 0.6 is 31.9 Å². The molecule has 0 unspecified atom stereocenters. The Kier molecular flexibility index (Phi) is 2.59. The second-order valence-corrected chi connectivity index (χ2v) is 6.24. The lowest BCUT2D eigenvalue weighted by molar-refractivity contribution is -0.109. The quantitative estimate of drug-likeness (QED) is 0.711. The van der Waals surface area contributed by atoms with Crippen LogP contribution in [-0.4, -0.2) is 6.29 Å². The average Bonchev–Trinajstić information content (AvgIpc) is 2.33. The summed E-state index contributed by atoms with van der Waals surface area (Å²) >= 11 is 6.57. The Balaban J connectivity index is 2.67. The van der Waals surface area contributed by atoms with E-state index < -0.39 is 0 Å². The maximum Gasteiger partial charge on any atom is 0.124 e. The van der Waals surface area contributed by atoms with Gasteiger partial charge in [0.1, 0.15) is 6.29 Å². The SMILES string of the molecule is CC1(C)[C@H](C=O)[C@@H]1C=C(Br)Br. The zero-order valence-electron chi connectivity index (χ0n) is 6.47. The van der Waals surface area contributed by atoms with Crippen molar-refractivity contribution < 1.29 is 4.79 Å². The number of hydrogen-bond acceptors (Lipinski definition) is 1. The van der Waals surface area contributed by atoms with Crippen molar-refractivity contribution in [2.45, 2.75) is 13.8 Å². The molecule has 0 N–H and O–H groups in total. The molecule has 0 spiro atoms. The van der Waals surface area contributed by atoms with Gasteiger partial charge in [-0.05, 0) is 43.2 Å². The number of hydrogen-bond donors (Lipinski definition) is 0. The zero-order valence-corrected chi connectivity index (χ0v) is 9.65. The van der Waals surface area contributed by atoms with Gasteiger partial charge >= 0.3 is 0 Å². The van der Waals surface area contributed by atoms with Gasteiger partial charge in [0.15, 0.2) is 0 Å². The Morgan fingerprint density at radius 2 is 1.91 bits per heavy atom. The highest BCUT2D eigenvalue weighted by Crippen LogP contribution is 2.58. The Morgan fingerprint density at radius 3 is 2.18 bits per heavy atom. The molecule has 1 aliphatic rings. The minimum absolute atomic E-state index is 0.161. The molecular weight excluding hydrogens is 272 g/mol. The summed E-state index contributed by atoms with van der Waals surface area (Å²) in [5.74, 6) is 0.598. The molecule has 0 aromatic heterocycles. The summed E-state index contributed by atoms with van der Waals surface area (Å²) < 4.78 is 0.937. The van der Waals surface area contributed by atoms with Crippen molar-refractivity contribution in [2.24, 2.45) is 17.3 Å². The summed E-state index contributed by atoms with van der Waals surface area (Å²) in [7, 11) is 0. The number of carbonyl (C=O) groups is 1. The molecule has 62 valence electrons. The number of carbonyl (C=O) groups excluding carboxylic acids is 1. The van der Waals surface area contributed by atoms with E-state index in [2.05, 4.69) is 45.7 Å². The smallest absolute Gasteiger partial charge is 0.124 e. The molecule has 1 aliphatic carbocycles. The fraction of sp³-hybridized carbons (Fsp3) is 0.625. The van der Waals surface area contributed by atoms with Crippen LogP contribution in [0.1, 0.15) is 13.8 Å². The van der Waals surface area contributed by atoms with Crippen molar-refractivity contribution in [1.82, 2.24) is 0 Å². The van der Waals surface area contributed by atoms with Gasteiger partial charge in [-0.2, -0.15) is 0 Å². The van der Waals surface area contributed by atoms with Crippen molar-refractivity contribution in [2.75, 3.05) is 0 Å². The third-order valence-corrected chi connectivity index (χ3v) is 2.98. The van der Waals surface area contributed by atoms with Gasteiger partial charge < -0.3 is 4.79 Å². The van der Waals surface area contributed by atoms with Crippen molar-refractivity contribution >= 4 is 38.1 Å². The van der Waals surface area contributed by atoms with Crippen LogP contribution in [0.25, 0.3) is 0 Å². The molecule has 0 aliphatic heterocycles. The third kappa shape index (κ3) is 1.75. The minimum atomic E-state index is 0.161. The van der Waals surface area contributed by atoms with Crippen LogP contribution in [0, 0.1) is 17.3 Å². The zero-order chi connectivity index (χ0) is 8.65. The molecule has 0 bridgehead atoms. The Labute approximate surface area is 83.5 Å². The van der Waals surface area contributed by atoms with E-state index in [-0.39, 0.29) is 11.3 Å². The van der Waals surface area contributed by atoms with Gasteiger partial charge in [0, 0.05) is 5.92 Å². The van der Waals surface area contributed by atoms with Crippen LogP contribution in [0.15, 0.2) is 9.47 Å². The van der Waals surface area contributed by atoms with Crippen LogP contribution in [-0.2, 0) is 4.79 Å². The van der Waals surface area contributed by atoms with Crippen molar-refractivity contribution in [1.29, 1.82) is 0 Å². The highest BCUT2D eigenvalue weighted by Gasteiger charge is 2.56. The predicted molar refractivity (Wildman–Crippen MR) is 52.8 cm³/mol. The largest absolute Gasteiger partial charge is 0.303 e. The molecule has 0 saturated heterocycles. The maximum absolute atomic E-state index is 10.5. The minimum Gasteiger partial charge on any atom is -0.303 e. The Morgan fingerprint density at radius 1 is 1.36 bits per heavy atom. The molecule has 3 heteroatoms. The molecule has 0 amide bonds. The van der Waals surface area contributed by atoms with E-state index >= 15 is 0 Å². The van der Waals surface area contributed by atoms with E-state index in [4.69, 9.17) is 0 Å². The Hall–Kier alpha value is 0.370. The second kappa shape index (κ2) is 3.02. The van der Waals surface area contributed by atoms with Crippen LogP contribution in [0.4, 0.5) is 0 Å². The lowest BCUT2D eigenvalue weighted by Gasteiger charge is -1.95. The summed E-state index contributed by atoms with van der Waals surface area (Å²) in [4.78, 5) is 10.5. The predicted octanol–water partition coefficient (Wildman–Crippen LogP) is 3.09. The monoisotopic (exact) mass is 280 g/mol. The van der Waals surface area contributed by atoms with E-state index in [1.54, 1.807) is 0 Å². The molecule has 1 fully saturated rings. The van der Waals surface area contributed by atoms with E-state index in [9.17, 15) is 4.79 Å². The first-order valence-electron chi connectivity index (χ1n) is 3.48. The number of halogens is 2. The van der Waals surface area contributed by atoms with Gasteiger partial charge in [0.2, 0.25) is 0 Å². The van der Waals surface area contributed by atoms with Gasteiger partial charge in [0.05, 0.1) is 3.39 Å². The molecule has 1 nitrogen and oxygen atoms in total. The van der Waals surface area contributed by atoms with Crippen LogP contribution in [0.3, 0.4) is 0 Å². The summed E-state index contributed by atoms with van der Waals surface area (Å²) in [6.45, 7) is 4.21. The van der Waals surface area contributed by atoms with Crippen molar-refractivity contribution in [3.05, 3.63) is 9.47 Å². The molecule has 0 aromatic carbocycles. The van der Waals surface area contributed by atoms with E-state index in [1.165, 1.54) is 0 Å². The second-order valence-electron chi connectivity index (χ2n) is 3.47. The van der Waals surface area contributed by atoms with Gasteiger partial charge in [-0.15, -0.1) is 0 Å². The molecule has 2 atom stereocenters. The third-order valence-electron chi connectivity index (χ3n) is 2.45.